The predicted molar refractivity (Wildman–Crippen MR) is 118 cm³/mol. The van der Waals surface area contributed by atoms with E-state index in [9.17, 15) is 14.4 Å². The molecular formula is C22H22N4O5S. The number of carbonyl (C=O) groups excluding carboxylic acids is 1. The minimum Gasteiger partial charge on any atom is -0.454 e. The lowest BCUT2D eigenvalue weighted by Crippen LogP contribution is -2.50. The third-order valence-corrected chi connectivity index (χ3v) is 6.55. The Labute approximate surface area is 187 Å². The lowest BCUT2D eigenvalue weighted by molar-refractivity contribution is 0.0625. The molecule has 0 aliphatic carbocycles. The Bertz CT molecular complexity index is 1240. The lowest BCUT2D eigenvalue weighted by atomic mass is 10.1. The molecule has 0 saturated carbocycles. The van der Waals surface area contributed by atoms with Gasteiger partial charge in [0.1, 0.15) is 5.56 Å². The molecule has 5 rings (SSSR count). The zero-order valence-electron chi connectivity index (χ0n) is 17.3. The highest BCUT2D eigenvalue weighted by Gasteiger charge is 2.25. The number of hydrogen-bond donors (Lipinski definition) is 1. The summed E-state index contributed by atoms with van der Waals surface area (Å²) in [5.74, 6) is 1.16. The first-order valence-corrected chi connectivity index (χ1v) is 11.2. The molecule has 0 atom stereocenters. The second-order valence-electron chi connectivity index (χ2n) is 7.73. The highest BCUT2D eigenvalue weighted by atomic mass is 32.1. The van der Waals surface area contributed by atoms with Crippen LogP contribution in [0.3, 0.4) is 0 Å². The molecule has 2 aliphatic rings. The number of thiophene rings is 1. The fourth-order valence-electron chi connectivity index (χ4n) is 3.94. The molecule has 2 aliphatic heterocycles. The third-order valence-electron chi connectivity index (χ3n) is 5.69. The zero-order chi connectivity index (χ0) is 22.1. The Balaban J connectivity index is 1.24. The van der Waals surface area contributed by atoms with Gasteiger partial charge in [-0.2, -0.15) is 0 Å². The number of amides is 1. The maximum absolute atomic E-state index is 13.0. The number of aromatic amines is 1. The van der Waals surface area contributed by atoms with Gasteiger partial charge in [0.2, 0.25) is 6.79 Å². The minimum absolute atomic E-state index is 0.00891. The standard InChI is InChI=1S/C22H22N4O5S/c27-20(17-11-23-22(29)26(21(17)28)13-16-2-1-9-32-16)25-7-5-24(6-8-25)12-15-3-4-18-19(10-15)31-14-30-18/h1-4,9-11H,5-8,12-14H2,(H,23,29). The van der Waals surface area contributed by atoms with Crippen LogP contribution in [0.25, 0.3) is 0 Å². The first-order valence-electron chi connectivity index (χ1n) is 10.3. The van der Waals surface area contributed by atoms with E-state index >= 15 is 0 Å². The van der Waals surface area contributed by atoms with E-state index in [0.29, 0.717) is 26.2 Å². The van der Waals surface area contributed by atoms with Crippen LogP contribution >= 0.6 is 11.3 Å². The number of fused-ring (bicyclic) bond motifs is 1. The molecule has 166 valence electrons. The van der Waals surface area contributed by atoms with Gasteiger partial charge in [-0.15, -0.1) is 11.3 Å². The molecule has 10 heteroatoms. The van der Waals surface area contributed by atoms with Gasteiger partial charge in [-0.05, 0) is 29.1 Å². The molecule has 0 unspecified atom stereocenters. The number of rotatable bonds is 5. The van der Waals surface area contributed by atoms with Crippen LogP contribution in [0.1, 0.15) is 20.8 Å². The van der Waals surface area contributed by atoms with Crippen molar-refractivity contribution < 1.29 is 14.3 Å². The van der Waals surface area contributed by atoms with Crippen molar-refractivity contribution in [1.29, 1.82) is 0 Å². The molecule has 0 bridgehead atoms. The van der Waals surface area contributed by atoms with Crippen LogP contribution < -0.4 is 20.7 Å². The van der Waals surface area contributed by atoms with E-state index in [1.54, 1.807) is 4.90 Å². The Hall–Kier alpha value is -3.37. The number of piperazine rings is 1. The number of ether oxygens (including phenoxy) is 2. The number of hydrogen-bond acceptors (Lipinski definition) is 7. The van der Waals surface area contributed by atoms with Crippen LogP contribution in [0.4, 0.5) is 0 Å². The number of H-pyrrole nitrogens is 1. The Morgan fingerprint density at radius 3 is 2.62 bits per heavy atom. The van der Waals surface area contributed by atoms with Gasteiger partial charge in [0, 0.05) is 43.8 Å². The molecule has 4 heterocycles. The molecule has 1 amide bonds. The Morgan fingerprint density at radius 2 is 1.84 bits per heavy atom. The monoisotopic (exact) mass is 454 g/mol. The largest absolute Gasteiger partial charge is 0.454 e. The first kappa shape index (κ1) is 20.5. The van der Waals surface area contributed by atoms with Gasteiger partial charge in [0.25, 0.3) is 11.5 Å². The summed E-state index contributed by atoms with van der Waals surface area (Å²) in [7, 11) is 0. The summed E-state index contributed by atoms with van der Waals surface area (Å²) in [6.07, 6.45) is 1.23. The lowest BCUT2D eigenvalue weighted by Gasteiger charge is -2.34. The van der Waals surface area contributed by atoms with Crippen molar-refractivity contribution in [2.24, 2.45) is 0 Å². The van der Waals surface area contributed by atoms with Crippen molar-refractivity contribution in [2.75, 3.05) is 33.0 Å². The summed E-state index contributed by atoms with van der Waals surface area (Å²) in [6.45, 7) is 3.53. The van der Waals surface area contributed by atoms with Gasteiger partial charge in [-0.1, -0.05) is 12.1 Å². The Kier molecular flexibility index (Phi) is 5.54. The van der Waals surface area contributed by atoms with Crippen LogP contribution in [0, 0.1) is 0 Å². The van der Waals surface area contributed by atoms with E-state index in [-0.39, 0.29) is 24.8 Å². The Morgan fingerprint density at radius 1 is 1.03 bits per heavy atom. The van der Waals surface area contributed by atoms with Crippen LogP contribution in [-0.4, -0.2) is 58.2 Å². The molecule has 0 radical (unpaired) electrons. The predicted octanol–water partition coefficient (Wildman–Crippen LogP) is 1.33. The minimum atomic E-state index is -0.560. The van der Waals surface area contributed by atoms with Crippen molar-refractivity contribution >= 4 is 17.2 Å². The van der Waals surface area contributed by atoms with Crippen molar-refractivity contribution in [1.82, 2.24) is 19.4 Å². The highest BCUT2D eigenvalue weighted by Crippen LogP contribution is 2.32. The number of nitrogens with one attached hydrogen (secondary N) is 1. The van der Waals surface area contributed by atoms with Gasteiger partial charge in [0.15, 0.2) is 11.5 Å². The zero-order valence-corrected chi connectivity index (χ0v) is 18.1. The van der Waals surface area contributed by atoms with Crippen LogP contribution in [0.5, 0.6) is 11.5 Å². The number of aromatic nitrogens is 2. The summed E-state index contributed by atoms with van der Waals surface area (Å²) in [5.41, 5.74) is 0.0277. The van der Waals surface area contributed by atoms with Crippen molar-refractivity contribution in [3.63, 3.8) is 0 Å². The van der Waals surface area contributed by atoms with E-state index in [1.807, 2.05) is 35.7 Å². The molecule has 9 nitrogen and oxygen atoms in total. The summed E-state index contributed by atoms with van der Waals surface area (Å²) in [6, 6.07) is 9.62. The first-order chi connectivity index (χ1) is 15.6. The van der Waals surface area contributed by atoms with Gasteiger partial charge in [0.05, 0.1) is 6.54 Å². The molecule has 1 fully saturated rings. The topological polar surface area (TPSA) is 96.9 Å². The number of benzene rings is 1. The third kappa shape index (κ3) is 4.06. The van der Waals surface area contributed by atoms with E-state index < -0.39 is 11.2 Å². The van der Waals surface area contributed by atoms with E-state index in [1.165, 1.54) is 17.5 Å². The number of nitrogens with zero attached hydrogens (tertiary/aromatic N) is 3. The molecule has 32 heavy (non-hydrogen) atoms. The summed E-state index contributed by atoms with van der Waals surface area (Å²) >= 11 is 1.46. The summed E-state index contributed by atoms with van der Waals surface area (Å²) < 4.78 is 11.9. The van der Waals surface area contributed by atoms with Crippen LogP contribution in [0.2, 0.25) is 0 Å². The van der Waals surface area contributed by atoms with E-state index in [4.69, 9.17) is 9.47 Å². The van der Waals surface area contributed by atoms with Crippen LogP contribution in [-0.2, 0) is 13.1 Å². The van der Waals surface area contributed by atoms with Crippen molar-refractivity contribution in [3.8, 4) is 11.5 Å². The fraction of sp³-hybridized carbons (Fsp3) is 0.318. The summed E-state index contributed by atoms with van der Waals surface area (Å²) in [5, 5.41) is 1.88. The molecule has 1 aromatic carbocycles. The molecular weight excluding hydrogens is 432 g/mol. The van der Waals surface area contributed by atoms with Gasteiger partial charge < -0.3 is 19.4 Å². The van der Waals surface area contributed by atoms with Crippen molar-refractivity contribution in [3.05, 3.63) is 78.8 Å². The average molecular weight is 455 g/mol. The van der Waals surface area contributed by atoms with E-state index in [0.717, 1.165) is 33.1 Å². The molecule has 1 saturated heterocycles. The smallest absolute Gasteiger partial charge is 0.328 e. The van der Waals surface area contributed by atoms with Crippen molar-refractivity contribution in [2.45, 2.75) is 13.1 Å². The number of carbonyl (C=O) groups is 1. The van der Waals surface area contributed by atoms with Crippen LogP contribution in [0.15, 0.2) is 51.5 Å². The average Bonchev–Trinajstić information content (AvgIpc) is 3.48. The molecule has 2 aromatic heterocycles. The second-order valence-corrected chi connectivity index (χ2v) is 8.77. The normalized spacial score (nSPS) is 15.8. The second kappa shape index (κ2) is 8.64. The SMILES string of the molecule is O=C(c1c[nH]c(=O)n(Cc2cccs2)c1=O)N1CCN(Cc2ccc3c(c2)OCO3)CC1. The summed E-state index contributed by atoms with van der Waals surface area (Å²) in [4.78, 5) is 45.4. The van der Waals surface area contributed by atoms with E-state index in [2.05, 4.69) is 9.88 Å². The fourth-order valence-corrected chi connectivity index (χ4v) is 4.64. The maximum Gasteiger partial charge on any atom is 0.328 e. The molecule has 0 spiro atoms. The maximum atomic E-state index is 13.0. The molecule has 1 N–H and O–H groups in total. The quantitative estimate of drug-likeness (QED) is 0.625. The van der Waals surface area contributed by atoms with Gasteiger partial charge >= 0.3 is 5.69 Å². The van der Waals surface area contributed by atoms with Gasteiger partial charge in [-0.25, -0.2) is 4.79 Å². The van der Waals surface area contributed by atoms with Gasteiger partial charge in [-0.3, -0.25) is 19.1 Å². The molecule has 3 aromatic rings. The highest BCUT2D eigenvalue weighted by molar-refractivity contribution is 7.09.